The maximum absolute atomic E-state index is 14.9. The van der Waals surface area contributed by atoms with Crippen LogP contribution in [-0.2, 0) is 34.7 Å². The van der Waals surface area contributed by atoms with Crippen molar-refractivity contribution in [1.82, 2.24) is 14.1 Å². The van der Waals surface area contributed by atoms with Crippen molar-refractivity contribution >= 4 is 17.0 Å². The van der Waals surface area contributed by atoms with Crippen LogP contribution in [0.15, 0.2) is 21.7 Å². The first-order valence-electron chi connectivity index (χ1n) is 12.3. The highest BCUT2D eigenvalue weighted by molar-refractivity contribution is 5.86. The molecule has 3 aromatic heterocycles. The van der Waals surface area contributed by atoms with Gasteiger partial charge in [-0.3, -0.25) is 9.59 Å². The van der Waals surface area contributed by atoms with Crippen LogP contribution in [0.25, 0.3) is 22.3 Å². The Bertz CT molecular complexity index is 1570. The van der Waals surface area contributed by atoms with E-state index in [2.05, 4.69) is 4.98 Å². The number of ether oxygens (including phenoxy) is 1. The lowest BCUT2D eigenvalue weighted by molar-refractivity contribution is -0.172. The lowest BCUT2D eigenvalue weighted by atomic mass is 9.86. The number of fused-ring (bicyclic) bond motifs is 5. The van der Waals surface area contributed by atoms with Crippen molar-refractivity contribution in [2.45, 2.75) is 70.2 Å². The summed E-state index contributed by atoms with van der Waals surface area (Å²) in [7, 11) is 0. The van der Waals surface area contributed by atoms with Crippen molar-refractivity contribution in [2.24, 2.45) is 0 Å². The van der Waals surface area contributed by atoms with E-state index in [9.17, 15) is 29.0 Å². The predicted octanol–water partition coefficient (Wildman–Crippen LogP) is 2.03. The van der Waals surface area contributed by atoms with E-state index in [0.717, 1.165) is 25.7 Å². The lowest BCUT2D eigenvalue weighted by Crippen LogP contribution is -2.44. The van der Waals surface area contributed by atoms with E-state index in [0.29, 0.717) is 17.0 Å². The number of nitrogens with zero attached hydrogens (tertiary/aromatic N) is 3. The fourth-order valence-electron chi connectivity index (χ4n) is 6.05. The summed E-state index contributed by atoms with van der Waals surface area (Å²) in [6, 6.07) is 2.74. The average molecular weight is 496 g/mol. The van der Waals surface area contributed by atoms with Gasteiger partial charge < -0.3 is 24.1 Å². The molecule has 3 aliphatic rings. The average Bonchev–Trinajstić information content (AvgIpc) is 3.52. The molecule has 0 amide bonds. The number of aliphatic hydroxyl groups excluding tert-OH is 1. The minimum atomic E-state index is -1.99. The van der Waals surface area contributed by atoms with Gasteiger partial charge in [-0.15, -0.1) is 0 Å². The van der Waals surface area contributed by atoms with Crippen LogP contribution >= 0.6 is 0 Å². The molecule has 0 spiro atoms. The fraction of sp³-hybridized carbons (Fsp3) is 0.462. The van der Waals surface area contributed by atoms with Gasteiger partial charge in [0.1, 0.15) is 18.1 Å². The Morgan fingerprint density at radius 2 is 1.97 bits per heavy atom. The zero-order valence-corrected chi connectivity index (χ0v) is 19.8. The van der Waals surface area contributed by atoms with Crippen LogP contribution in [0.3, 0.4) is 0 Å². The summed E-state index contributed by atoms with van der Waals surface area (Å²) in [4.78, 5) is 44.3. The molecule has 6 rings (SSSR count). The largest absolute Gasteiger partial charge is 0.458 e. The molecule has 9 nitrogen and oxygen atoms in total. The summed E-state index contributed by atoms with van der Waals surface area (Å²) in [6.45, 7) is 1.21. The van der Waals surface area contributed by atoms with Crippen LogP contribution in [0, 0.1) is 5.82 Å². The minimum absolute atomic E-state index is 0.00136. The van der Waals surface area contributed by atoms with Crippen molar-refractivity contribution in [3.63, 3.8) is 0 Å². The Hall–Kier alpha value is -3.37. The maximum Gasteiger partial charge on any atom is 0.343 e. The molecule has 0 bridgehead atoms. The third-order valence-electron chi connectivity index (χ3n) is 7.95. The number of carbonyl (C=O) groups is 1. The number of carbonyl (C=O) groups excluding carboxylic acids is 1. The second-order valence-electron chi connectivity index (χ2n) is 9.82. The molecular weight excluding hydrogens is 469 g/mol. The third kappa shape index (κ3) is 3.00. The Labute approximate surface area is 204 Å². The first kappa shape index (κ1) is 23.1. The van der Waals surface area contributed by atoms with Crippen LogP contribution in [0.4, 0.5) is 4.39 Å². The first-order valence-corrected chi connectivity index (χ1v) is 12.3. The van der Waals surface area contributed by atoms with Gasteiger partial charge in [-0.1, -0.05) is 19.8 Å². The molecule has 0 radical (unpaired) electrons. The highest BCUT2D eigenvalue weighted by Gasteiger charge is 2.46. The van der Waals surface area contributed by atoms with E-state index >= 15 is 0 Å². The standard InChI is InChI=1S/C26H26FN3O6/c1-2-26(35)16-10-19-21-20(11-29(19)24(33)15(16)12-36-25(26)34)30(13-5-3-4-6-13)23-14(22(21)32)9-17(27)18(28-23)7-8-31/h9-10,13,31,35H,2-8,11-12H2,1H3/t26-/m0/s1. The van der Waals surface area contributed by atoms with E-state index in [4.69, 9.17) is 4.74 Å². The molecule has 2 aliphatic heterocycles. The molecule has 188 valence electrons. The van der Waals surface area contributed by atoms with Crippen molar-refractivity contribution in [1.29, 1.82) is 0 Å². The fourth-order valence-corrected chi connectivity index (χ4v) is 6.05. The van der Waals surface area contributed by atoms with Gasteiger partial charge in [-0.2, -0.15) is 0 Å². The number of esters is 1. The van der Waals surface area contributed by atoms with E-state index in [1.54, 1.807) is 13.0 Å². The van der Waals surface area contributed by atoms with Crippen molar-refractivity contribution in [3.8, 4) is 11.3 Å². The van der Waals surface area contributed by atoms with Crippen LogP contribution in [-0.4, -0.2) is 36.9 Å². The summed E-state index contributed by atoms with van der Waals surface area (Å²) in [5.41, 5.74) is -0.919. The Morgan fingerprint density at radius 3 is 2.67 bits per heavy atom. The molecule has 0 unspecified atom stereocenters. The third-order valence-corrected chi connectivity index (χ3v) is 7.95. The number of rotatable bonds is 4. The number of hydrogen-bond acceptors (Lipinski definition) is 7. The van der Waals surface area contributed by atoms with E-state index < -0.39 is 28.4 Å². The monoisotopic (exact) mass is 495 g/mol. The van der Waals surface area contributed by atoms with Gasteiger partial charge in [0.2, 0.25) is 5.43 Å². The molecule has 5 heterocycles. The summed E-state index contributed by atoms with van der Waals surface area (Å²) in [5.74, 6) is -1.50. The summed E-state index contributed by atoms with van der Waals surface area (Å²) in [6.07, 6.45) is 3.75. The maximum atomic E-state index is 14.9. The first-order chi connectivity index (χ1) is 17.3. The Kier molecular flexibility index (Phi) is 5.17. The minimum Gasteiger partial charge on any atom is -0.458 e. The lowest BCUT2D eigenvalue weighted by Gasteiger charge is -2.31. The van der Waals surface area contributed by atoms with Crippen molar-refractivity contribution < 1.29 is 24.1 Å². The molecule has 3 aromatic rings. The molecule has 1 atom stereocenters. The van der Waals surface area contributed by atoms with Crippen LogP contribution in [0.2, 0.25) is 0 Å². The van der Waals surface area contributed by atoms with Crippen molar-refractivity contribution in [3.05, 3.63) is 61.0 Å². The summed E-state index contributed by atoms with van der Waals surface area (Å²) < 4.78 is 23.4. The molecule has 1 fully saturated rings. The number of pyridine rings is 3. The number of aromatic nitrogens is 3. The second-order valence-corrected chi connectivity index (χ2v) is 9.82. The van der Waals surface area contributed by atoms with E-state index in [1.807, 2.05) is 4.57 Å². The second kappa shape index (κ2) is 8.07. The van der Waals surface area contributed by atoms with Crippen LogP contribution < -0.4 is 11.0 Å². The topological polar surface area (TPSA) is 124 Å². The van der Waals surface area contributed by atoms with Gasteiger partial charge >= 0.3 is 5.97 Å². The van der Waals surface area contributed by atoms with E-state index in [-0.39, 0.29) is 66.4 Å². The zero-order chi connectivity index (χ0) is 25.4. The Balaban J connectivity index is 1.70. The zero-order valence-electron chi connectivity index (χ0n) is 19.8. The van der Waals surface area contributed by atoms with E-state index in [1.165, 1.54) is 10.6 Å². The van der Waals surface area contributed by atoms with Gasteiger partial charge in [0.25, 0.3) is 5.56 Å². The smallest absolute Gasteiger partial charge is 0.343 e. The van der Waals surface area contributed by atoms with Gasteiger partial charge in [0, 0.05) is 24.6 Å². The summed E-state index contributed by atoms with van der Waals surface area (Å²) >= 11 is 0. The molecule has 2 N–H and O–H groups in total. The molecule has 10 heteroatoms. The number of aliphatic hydroxyl groups is 2. The van der Waals surface area contributed by atoms with Crippen molar-refractivity contribution in [2.75, 3.05) is 6.61 Å². The molecular formula is C26H26FN3O6. The number of hydrogen-bond donors (Lipinski definition) is 2. The Morgan fingerprint density at radius 1 is 1.22 bits per heavy atom. The number of halogens is 1. The molecule has 36 heavy (non-hydrogen) atoms. The summed E-state index contributed by atoms with van der Waals surface area (Å²) in [5, 5.41) is 20.6. The van der Waals surface area contributed by atoms with Gasteiger partial charge in [0.15, 0.2) is 5.60 Å². The van der Waals surface area contributed by atoms with Gasteiger partial charge in [-0.05, 0) is 31.4 Å². The molecule has 0 aromatic carbocycles. The quantitative estimate of drug-likeness (QED) is 0.415. The number of cyclic esters (lactones) is 1. The van der Waals surface area contributed by atoms with Gasteiger partial charge in [0.05, 0.1) is 40.1 Å². The highest BCUT2D eigenvalue weighted by atomic mass is 19.1. The normalized spacial score (nSPS) is 20.9. The SMILES string of the molecule is CC[C@@]1(O)C(=O)OCc2c1cc1n(c2=O)Cc2c-1c(=O)c1cc(F)c(CCO)nc1n2C1CCCC1. The predicted molar refractivity (Wildman–Crippen MR) is 127 cm³/mol. The van der Waals surface area contributed by atoms with Gasteiger partial charge in [-0.25, -0.2) is 14.2 Å². The molecule has 0 saturated heterocycles. The van der Waals surface area contributed by atoms with Crippen LogP contribution in [0.5, 0.6) is 0 Å². The molecule has 1 aliphatic carbocycles. The molecule has 1 saturated carbocycles. The highest BCUT2D eigenvalue weighted by Crippen LogP contribution is 2.41. The van der Waals surface area contributed by atoms with Crippen LogP contribution in [0.1, 0.15) is 67.6 Å².